The number of rotatable bonds is 6. The van der Waals surface area contributed by atoms with Crippen molar-refractivity contribution in [1.82, 2.24) is 23.8 Å². The van der Waals surface area contributed by atoms with Crippen molar-refractivity contribution in [3.05, 3.63) is 40.7 Å². The number of fused-ring (bicyclic) bond motifs is 1. The summed E-state index contributed by atoms with van der Waals surface area (Å²) in [4.78, 5) is 28.6. The van der Waals surface area contributed by atoms with E-state index >= 15 is 0 Å². The van der Waals surface area contributed by atoms with Crippen LogP contribution >= 0.6 is 11.5 Å². The quantitative estimate of drug-likeness (QED) is 0.599. The average molecular weight is 426 g/mol. The molecule has 2 aromatic heterocycles. The molecule has 3 heterocycles. The van der Waals surface area contributed by atoms with Gasteiger partial charge in [0.15, 0.2) is 5.82 Å². The third-order valence-electron chi connectivity index (χ3n) is 5.90. The standard InChI is InChI=1S/C21H27N7OS/c1-25(2)21-23-19(24-30-21)13-26-7-9-27(10-8-26)16-5-6-17-18(11-16)22-14-28(20(17)29)12-15-3-4-15/h5-6,11,14-15H,3-4,7-10,12-13H2,1-2H3. The lowest BCUT2D eigenvalue weighted by molar-refractivity contribution is 0.245. The maximum atomic E-state index is 12.7. The predicted octanol–water partition coefficient (Wildman–Crippen LogP) is 2.05. The molecule has 0 atom stereocenters. The molecule has 30 heavy (non-hydrogen) atoms. The second-order valence-corrected chi connectivity index (χ2v) is 9.23. The smallest absolute Gasteiger partial charge is 0.261 e. The molecule has 2 aliphatic rings. The van der Waals surface area contributed by atoms with Gasteiger partial charge in [0.05, 0.1) is 23.8 Å². The molecule has 8 nitrogen and oxygen atoms in total. The molecule has 1 saturated carbocycles. The Labute approximate surface area is 179 Å². The Bertz CT molecular complexity index is 1100. The van der Waals surface area contributed by atoms with Crippen molar-refractivity contribution in [1.29, 1.82) is 0 Å². The van der Waals surface area contributed by atoms with Gasteiger partial charge in [-0.2, -0.15) is 4.37 Å². The fraction of sp³-hybridized carbons (Fsp3) is 0.524. The van der Waals surface area contributed by atoms with Crippen LogP contribution in [0.3, 0.4) is 0 Å². The molecule has 5 rings (SSSR count). The number of hydrogen-bond donors (Lipinski definition) is 0. The SMILES string of the molecule is CN(C)c1nc(CN2CCN(c3ccc4c(=O)n(CC5CC5)cnc4c3)CC2)ns1. The van der Waals surface area contributed by atoms with Gasteiger partial charge in [0.25, 0.3) is 5.56 Å². The van der Waals surface area contributed by atoms with Gasteiger partial charge >= 0.3 is 0 Å². The monoisotopic (exact) mass is 425 g/mol. The molecule has 158 valence electrons. The van der Waals surface area contributed by atoms with E-state index < -0.39 is 0 Å². The molecule has 1 aromatic carbocycles. The van der Waals surface area contributed by atoms with E-state index in [1.807, 2.05) is 25.1 Å². The summed E-state index contributed by atoms with van der Waals surface area (Å²) in [5.74, 6) is 1.56. The molecule has 1 aliphatic carbocycles. The van der Waals surface area contributed by atoms with E-state index in [9.17, 15) is 4.79 Å². The lowest BCUT2D eigenvalue weighted by Gasteiger charge is -2.35. The maximum absolute atomic E-state index is 12.7. The van der Waals surface area contributed by atoms with Crippen molar-refractivity contribution in [2.45, 2.75) is 25.9 Å². The van der Waals surface area contributed by atoms with Gasteiger partial charge in [-0.15, -0.1) is 0 Å². The number of piperazine rings is 1. The van der Waals surface area contributed by atoms with Crippen LogP contribution < -0.4 is 15.4 Å². The van der Waals surface area contributed by atoms with E-state index in [4.69, 9.17) is 0 Å². The Hall–Kier alpha value is -2.52. The van der Waals surface area contributed by atoms with Crippen molar-refractivity contribution >= 4 is 33.3 Å². The van der Waals surface area contributed by atoms with Crippen molar-refractivity contribution in [3.63, 3.8) is 0 Å². The zero-order chi connectivity index (χ0) is 20.7. The van der Waals surface area contributed by atoms with E-state index in [0.29, 0.717) is 11.3 Å². The van der Waals surface area contributed by atoms with Crippen LogP contribution in [0.4, 0.5) is 10.8 Å². The minimum atomic E-state index is 0.0797. The van der Waals surface area contributed by atoms with Gasteiger partial charge < -0.3 is 9.80 Å². The van der Waals surface area contributed by atoms with Crippen LogP contribution in [-0.2, 0) is 13.1 Å². The molecule has 1 aliphatic heterocycles. The number of aromatic nitrogens is 4. The van der Waals surface area contributed by atoms with E-state index in [1.165, 1.54) is 24.4 Å². The summed E-state index contributed by atoms with van der Waals surface area (Å²) in [6, 6.07) is 6.06. The molecule has 0 amide bonds. The molecule has 0 radical (unpaired) electrons. The van der Waals surface area contributed by atoms with E-state index in [1.54, 1.807) is 10.9 Å². The lowest BCUT2D eigenvalue weighted by Crippen LogP contribution is -2.46. The highest BCUT2D eigenvalue weighted by Gasteiger charge is 2.23. The highest BCUT2D eigenvalue weighted by molar-refractivity contribution is 7.09. The van der Waals surface area contributed by atoms with Gasteiger partial charge in [-0.3, -0.25) is 14.3 Å². The molecule has 1 saturated heterocycles. The van der Waals surface area contributed by atoms with Gasteiger partial charge in [-0.05, 0) is 37.0 Å². The Kier molecular flexibility index (Phi) is 5.16. The van der Waals surface area contributed by atoms with Crippen molar-refractivity contribution in [2.75, 3.05) is 50.1 Å². The van der Waals surface area contributed by atoms with Crippen LogP contribution in [-0.4, -0.2) is 64.1 Å². The summed E-state index contributed by atoms with van der Waals surface area (Å²) in [7, 11) is 3.98. The van der Waals surface area contributed by atoms with Gasteiger partial charge in [-0.1, -0.05) is 0 Å². The predicted molar refractivity (Wildman–Crippen MR) is 120 cm³/mol. The zero-order valence-electron chi connectivity index (χ0n) is 17.5. The Morgan fingerprint density at radius 2 is 1.97 bits per heavy atom. The molecule has 3 aromatic rings. The lowest BCUT2D eigenvalue weighted by atomic mass is 10.2. The molecular weight excluding hydrogens is 398 g/mol. The van der Waals surface area contributed by atoms with E-state index in [-0.39, 0.29) is 5.56 Å². The molecule has 0 N–H and O–H groups in total. The van der Waals surface area contributed by atoms with Crippen LogP contribution in [0, 0.1) is 5.92 Å². The largest absolute Gasteiger partial charge is 0.369 e. The maximum Gasteiger partial charge on any atom is 0.261 e. The van der Waals surface area contributed by atoms with Crippen molar-refractivity contribution in [3.8, 4) is 0 Å². The first-order valence-corrected chi connectivity index (χ1v) is 11.3. The summed E-state index contributed by atoms with van der Waals surface area (Å²) < 4.78 is 6.24. The highest BCUT2D eigenvalue weighted by Crippen LogP contribution is 2.30. The van der Waals surface area contributed by atoms with Gasteiger partial charge in [0, 0.05) is 64.0 Å². The molecular formula is C21H27N7OS. The first-order valence-electron chi connectivity index (χ1n) is 10.5. The topological polar surface area (TPSA) is 70.4 Å². The summed E-state index contributed by atoms with van der Waals surface area (Å²) in [6.07, 6.45) is 4.17. The van der Waals surface area contributed by atoms with E-state index in [2.05, 4.69) is 36.3 Å². The van der Waals surface area contributed by atoms with Crippen LogP contribution in [0.1, 0.15) is 18.7 Å². The normalized spacial score (nSPS) is 17.6. The molecule has 0 bridgehead atoms. The third-order valence-corrected chi connectivity index (χ3v) is 6.82. The van der Waals surface area contributed by atoms with Gasteiger partial charge in [0.2, 0.25) is 5.13 Å². The molecule has 0 unspecified atom stereocenters. The summed E-state index contributed by atoms with van der Waals surface area (Å²) >= 11 is 1.45. The first-order chi connectivity index (χ1) is 14.6. The van der Waals surface area contributed by atoms with Crippen LogP contribution in [0.2, 0.25) is 0 Å². The summed E-state index contributed by atoms with van der Waals surface area (Å²) in [5.41, 5.74) is 2.00. The fourth-order valence-corrected chi connectivity index (χ4v) is 4.50. The third kappa shape index (κ3) is 4.04. The number of hydrogen-bond acceptors (Lipinski definition) is 8. The second-order valence-electron chi connectivity index (χ2n) is 8.50. The van der Waals surface area contributed by atoms with Gasteiger partial charge in [-0.25, -0.2) is 9.97 Å². The summed E-state index contributed by atoms with van der Waals surface area (Å²) in [5, 5.41) is 1.66. The van der Waals surface area contributed by atoms with Gasteiger partial charge in [0.1, 0.15) is 0 Å². The van der Waals surface area contributed by atoms with Crippen molar-refractivity contribution in [2.24, 2.45) is 5.92 Å². The van der Waals surface area contributed by atoms with E-state index in [0.717, 1.165) is 61.4 Å². The minimum Gasteiger partial charge on any atom is -0.369 e. The average Bonchev–Trinajstić information content (AvgIpc) is 3.45. The zero-order valence-corrected chi connectivity index (χ0v) is 18.3. The highest BCUT2D eigenvalue weighted by atomic mass is 32.1. The molecule has 2 fully saturated rings. The van der Waals surface area contributed by atoms with Crippen LogP contribution in [0.5, 0.6) is 0 Å². The Morgan fingerprint density at radius 3 is 2.67 bits per heavy atom. The molecule has 0 spiro atoms. The molecule has 9 heteroatoms. The van der Waals surface area contributed by atoms with Crippen LogP contribution in [0.15, 0.2) is 29.3 Å². The Morgan fingerprint density at radius 1 is 1.17 bits per heavy atom. The number of nitrogens with zero attached hydrogens (tertiary/aromatic N) is 7. The first kappa shape index (κ1) is 19.4. The fourth-order valence-electron chi connectivity index (χ4n) is 3.91. The second kappa shape index (κ2) is 7.96. The summed E-state index contributed by atoms with van der Waals surface area (Å²) in [6.45, 7) is 5.40. The Balaban J connectivity index is 1.24. The minimum absolute atomic E-state index is 0.0797. The van der Waals surface area contributed by atoms with Crippen LogP contribution in [0.25, 0.3) is 10.9 Å². The number of anilines is 2. The number of benzene rings is 1. The van der Waals surface area contributed by atoms with Crippen molar-refractivity contribution < 1.29 is 0 Å².